The third kappa shape index (κ3) is 5.96. The van der Waals surface area contributed by atoms with E-state index in [0.29, 0.717) is 54.0 Å². The molecule has 2 amide bonds. The summed E-state index contributed by atoms with van der Waals surface area (Å²) in [5.74, 6) is -0.0484. The van der Waals surface area contributed by atoms with Gasteiger partial charge in [0.1, 0.15) is 6.04 Å². The van der Waals surface area contributed by atoms with Crippen LogP contribution in [-0.4, -0.2) is 63.2 Å². The molecule has 0 aliphatic carbocycles. The van der Waals surface area contributed by atoms with Gasteiger partial charge in [0, 0.05) is 36.9 Å². The van der Waals surface area contributed by atoms with Crippen LogP contribution in [0.15, 0.2) is 54.7 Å². The molecule has 3 heterocycles. The van der Waals surface area contributed by atoms with Crippen molar-refractivity contribution >= 4 is 29.4 Å². The van der Waals surface area contributed by atoms with Crippen molar-refractivity contribution in [2.45, 2.75) is 63.9 Å². The van der Waals surface area contributed by atoms with E-state index in [1.165, 1.54) is 0 Å². The number of aliphatic hydroxyl groups is 1. The summed E-state index contributed by atoms with van der Waals surface area (Å²) >= 11 is 6.49. The number of halogens is 1. The molecule has 3 unspecified atom stereocenters. The van der Waals surface area contributed by atoms with Crippen molar-refractivity contribution in [3.05, 3.63) is 76.4 Å². The molecule has 3 aromatic rings. The Morgan fingerprint density at radius 2 is 1.95 bits per heavy atom. The number of aromatic nitrogens is 2. The molecular weight excluding hydrogens is 530 g/mol. The van der Waals surface area contributed by atoms with Crippen LogP contribution < -0.4 is 10.6 Å². The molecule has 5 rings (SSSR count). The zero-order chi connectivity index (χ0) is 28.2. The Hall–Kier alpha value is -3.53. The van der Waals surface area contributed by atoms with E-state index in [1.807, 2.05) is 49.4 Å². The maximum Gasteiger partial charge on any atom is 0.255 e. The van der Waals surface area contributed by atoms with Gasteiger partial charge in [-0.2, -0.15) is 0 Å². The van der Waals surface area contributed by atoms with Gasteiger partial charge in [-0.05, 0) is 43.4 Å². The van der Waals surface area contributed by atoms with Crippen LogP contribution in [0, 0.1) is 0 Å². The number of hydrogen-bond acceptors (Lipinski definition) is 7. The predicted molar refractivity (Wildman–Crippen MR) is 153 cm³/mol. The molecular formula is C30H34ClN5O4. The summed E-state index contributed by atoms with van der Waals surface area (Å²) in [4.78, 5) is 37.6. The minimum atomic E-state index is -0.804. The molecule has 0 saturated carbocycles. The molecule has 2 aliphatic heterocycles. The Bertz CT molecular complexity index is 1360. The predicted octanol–water partition coefficient (Wildman–Crippen LogP) is 4.36. The van der Waals surface area contributed by atoms with Crippen LogP contribution in [0.5, 0.6) is 0 Å². The monoisotopic (exact) mass is 563 g/mol. The van der Waals surface area contributed by atoms with Crippen LogP contribution >= 0.6 is 11.6 Å². The molecule has 1 aromatic heterocycles. The molecule has 1 fully saturated rings. The van der Waals surface area contributed by atoms with E-state index < -0.39 is 18.2 Å². The molecule has 210 valence electrons. The van der Waals surface area contributed by atoms with E-state index >= 15 is 0 Å². The lowest BCUT2D eigenvalue weighted by atomic mass is 10.0. The van der Waals surface area contributed by atoms with E-state index in [1.54, 1.807) is 24.1 Å². The largest absolute Gasteiger partial charge is 0.391 e. The van der Waals surface area contributed by atoms with Crippen molar-refractivity contribution in [1.82, 2.24) is 20.2 Å². The highest BCUT2D eigenvalue weighted by Crippen LogP contribution is 2.33. The Morgan fingerprint density at radius 3 is 2.65 bits per heavy atom. The van der Waals surface area contributed by atoms with E-state index in [9.17, 15) is 14.7 Å². The Balaban J connectivity index is 1.34. The van der Waals surface area contributed by atoms with E-state index in [-0.39, 0.29) is 17.9 Å². The number of benzene rings is 2. The van der Waals surface area contributed by atoms with Crippen molar-refractivity contribution < 1.29 is 19.4 Å². The maximum atomic E-state index is 13.6. The summed E-state index contributed by atoms with van der Waals surface area (Å²) in [5.41, 5.74) is 3.39. The first-order valence-corrected chi connectivity index (χ1v) is 14.1. The van der Waals surface area contributed by atoms with Crippen molar-refractivity contribution in [1.29, 1.82) is 0 Å². The van der Waals surface area contributed by atoms with E-state index in [4.69, 9.17) is 16.3 Å². The third-order valence-electron chi connectivity index (χ3n) is 7.52. The lowest BCUT2D eigenvalue weighted by Crippen LogP contribution is -2.49. The molecule has 9 nitrogen and oxygen atoms in total. The number of carbonyl (C=O) groups is 2. The number of anilines is 1. The van der Waals surface area contributed by atoms with Gasteiger partial charge in [-0.1, -0.05) is 61.0 Å². The molecule has 0 radical (unpaired) electrons. The van der Waals surface area contributed by atoms with Crippen LogP contribution in [-0.2, 0) is 16.1 Å². The highest BCUT2D eigenvalue weighted by Gasteiger charge is 2.37. The number of aliphatic hydroxyl groups excluding tert-OH is 1. The summed E-state index contributed by atoms with van der Waals surface area (Å²) in [7, 11) is 0. The molecule has 40 heavy (non-hydrogen) atoms. The first-order valence-electron chi connectivity index (χ1n) is 13.7. The quantitative estimate of drug-likeness (QED) is 0.354. The second-order valence-electron chi connectivity index (χ2n) is 10.3. The standard InChI is InChI=1S/C30H34ClN5O4/c1-3-25(28(38)34-26(18(2)37)19-7-5-4-6-8-19)36-17-21-10-9-20(15-23(21)29(36)39)27-24(31)16-32-30(35-27)33-22-11-13-40-14-12-22/h4-10,15-16,18,22,25-26,37H,3,11-14,17H2,1-2H3,(H,34,38)(H,32,33,35). The number of hydrogen-bond donors (Lipinski definition) is 3. The van der Waals surface area contributed by atoms with Crippen LogP contribution in [0.4, 0.5) is 5.95 Å². The van der Waals surface area contributed by atoms with E-state index in [0.717, 1.165) is 24.0 Å². The third-order valence-corrected chi connectivity index (χ3v) is 7.79. The topological polar surface area (TPSA) is 117 Å². The number of nitrogens with zero attached hydrogens (tertiary/aromatic N) is 3. The number of amides is 2. The first-order chi connectivity index (χ1) is 19.4. The lowest BCUT2D eigenvalue weighted by Gasteiger charge is -2.29. The molecule has 10 heteroatoms. The highest BCUT2D eigenvalue weighted by atomic mass is 35.5. The number of nitrogens with one attached hydrogen (secondary N) is 2. The Kier molecular flexibility index (Phi) is 8.63. The first kappa shape index (κ1) is 28.0. The minimum Gasteiger partial charge on any atom is -0.391 e. The van der Waals surface area contributed by atoms with Gasteiger partial charge in [-0.25, -0.2) is 9.97 Å². The molecule has 3 atom stereocenters. The molecule has 3 N–H and O–H groups in total. The highest BCUT2D eigenvalue weighted by molar-refractivity contribution is 6.33. The molecule has 2 aliphatic rings. The minimum absolute atomic E-state index is 0.224. The summed E-state index contributed by atoms with van der Waals surface area (Å²) in [6.45, 7) is 5.23. The molecule has 2 aromatic carbocycles. The van der Waals surface area contributed by atoms with Crippen molar-refractivity contribution in [2.24, 2.45) is 0 Å². The van der Waals surface area contributed by atoms with Crippen LogP contribution in [0.2, 0.25) is 5.02 Å². The van der Waals surface area contributed by atoms with Crippen molar-refractivity contribution in [2.75, 3.05) is 18.5 Å². The smallest absolute Gasteiger partial charge is 0.255 e. The van der Waals surface area contributed by atoms with Gasteiger partial charge in [0.25, 0.3) is 5.91 Å². The number of carbonyl (C=O) groups excluding carboxylic acids is 2. The zero-order valence-electron chi connectivity index (χ0n) is 22.6. The molecule has 0 bridgehead atoms. The summed E-state index contributed by atoms with van der Waals surface area (Å²) in [6, 6.07) is 13.8. The Morgan fingerprint density at radius 1 is 1.20 bits per heavy atom. The van der Waals surface area contributed by atoms with Gasteiger partial charge in [-0.3, -0.25) is 9.59 Å². The van der Waals surface area contributed by atoms with Gasteiger partial charge in [0.15, 0.2) is 0 Å². The number of rotatable bonds is 9. The van der Waals surface area contributed by atoms with Gasteiger partial charge in [0.2, 0.25) is 11.9 Å². The van der Waals surface area contributed by atoms with Gasteiger partial charge >= 0.3 is 0 Å². The average Bonchev–Trinajstić information content (AvgIpc) is 3.29. The van der Waals surface area contributed by atoms with Crippen molar-refractivity contribution in [3.8, 4) is 11.3 Å². The second kappa shape index (κ2) is 12.3. The molecule has 1 saturated heterocycles. The average molecular weight is 564 g/mol. The van der Waals surface area contributed by atoms with Crippen LogP contribution in [0.3, 0.4) is 0 Å². The normalized spacial score (nSPS) is 17.7. The summed E-state index contributed by atoms with van der Waals surface area (Å²) in [6.07, 6.45) is 2.94. The summed E-state index contributed by atoms with van der Waals surface area (Å²) in [5, 5.41) is 17.1. The lowest BCUT2D eigenvalue weighted by molar-refractivity contribution is -0.127. The Labute approximate surface area is 238 Å². The maximum absolute atomic E-state index is 13.6. The van der Waals surface area contributed by atoms with Crippen molar-refractivity contribution in [3.63, 3.8) is 0 Å². The fourth-order valence-corrected chi connectivity index (χ4v) is 5.53. The number of ether oxygens (including phenoxy) is 1. The fraction of sp³-hybridized carbons (Fsp3) is 0.400. The summed E-state index contributed by atoms with van der Waals surface area (Å²) < 4.78 is 5.43. The fourth-order valence-electron chi connectivity index (χ4n) is 5.33. The molecule has 0 spiro atoms. The second-order valence-corrected chi connectivity index (χ2v) is 10.7. The van der Waals surface area contributed by atoms with E-state index in [2.05, 4.69) is 20.6 Å². The van der Waals surface area contributed by atoms with Gasteiger partial charge < -0.3 is 25.4 Å². The van der Waals surface area contributed by atoms with Gasteiger partial charge in [-0.15, -0.1) is 0 Å². The SMILES string of the molecule is CCC(C(=O)NC(c1ccccc1)C(C)O)N1Cc2ccc(-c3nc(NC4CCOCC4)ncc3Cl)cc2C1=O. The van der Waals surface area contributed by atoms with Gasteiger partial charge in [0.05, 0.1) is 29.1 Å². The van der Waals surface area contributed by atoms with Crippen LogP contribution in [0.25, 0.3) is 11.3 Å². The number of fused-ring (bicyclic) bond motifs is 1. The van der Waals surface area contributed by atoms with Crippen LogP contribution in [0.1, 0.15) is 60.6 Å². The zero-order valence-corrected chi connectivity index (χ0v) is 23.4.